The molecule has 5 nitrogen and oxygen atoms in total. The maximum atomic E-state index is 11.9. The highest BCUT2D eigenvalue weighted by Gasteiger charge is 2.21. The second-order valence-electron chi connectivity index (χ2n) is 5.39. The fourth-order valence-corrected chi connectivity index (χ4v) is 3.77. The van der Waals surface area contributed by atoms with Gasteiger partial charge >= 0.3 is 0 Å². The van der Waals surface area contributed by atoms with Crippen LogP contribution >= 0.6 is 0 Å². The zero-order valence-electron chi connectivity index (χ0n) is 12.6. The molecule has 21 heavy (non-hydrogen) atoms. The van der Waals surface area contributed by atoms with Gasteiger partial charge in [0.05, 0.1) is 11.0 Å². The lowest BCUT2D eigenvalue weighted by molar-refractivity contribution is 0.0669. The predicted molar refractivity (Wildman–Crippen MR) is 84.0 cm³/mol. The molecule has 1 aliphatic carbocycles. The number of nitrogens with one attached hydrogen (secondary N) is 2. The molecule has 0 aromatic heterocycles. The van der Waals surface area contributed by atoms with Crippen LogP contribution < -0.4 is 10.0 Å². The summed E-state index contributed by atoms with van der Waals surface area (Å²) in [5.41, 5.74) is 0.951. The van der Waals surface area contributed by atoms with E-state index in [1.54, 1.807) is 26.2 Å². The van der Waals surface area contributed by atoms with Gasteiger partial charge < -0.3 is 10.1 Å². The van der Waals surface area contributed by atoms with Gasteiger partial charge in [0.1, 0.15) is 0 Å². The van der Waals surface area contributed by atoms with Gasteiger partial charge in [-0.15, -0.1) is 0 Å². The molecule has 0 saturated heterocycles. The zero-order chi connectivity index (χ0) is 15.3. The Kier molecular flexibility index (Phi) is 5.61. The fraction of sp³-hybridized carbons (Fsp3) is 0.600. The van der Waals surface area contributed by atoms with Crippen LogP contribution in [0.1, 0.15) is 32.6 Å². The molecule has 2 unspecified atom stereocenters. The number of methoxy groups -OCH3 is 1. The first-order valence-corrected chi connectivity index (χ1v) is 8.92. The van der Waals surface area contributed by atoms with Gasteiger partial charge in [0.2, 0.25) is 10.0 Å². The van der Waals surface area contributed by atoms with Crippen molar-refractivity contribution in [3.8, 4) is 0 Å². The third kappa shape index (κ3) is 4.43. The summed E-state index contributed by atoms with van der Waals surface area (Å²) in [7, 11) is -1.61. The molecule has 2 atom stereocenters. The van der Waals surface area contributed by atoms with Crippen molar-refractivity contribution < 1.29 is 13.2 Å². The van der Waals surface area contributed by atoms with Crippen LogP contribution in [0.25, 0.3) is 0 Å². The van der Waals surface area contributed by atoms with Crippen molar-refractivity contribution in [3.63, 3.8) is 0 Å². The third-order valence-corrected chi connectivity index (χ3v) is 5.39. The molecular formula is C15H24N2O3S. The lowest BCUT2D eigenvalue weighted by Gasteiger charge is -2.29. The van der Waals surface area contributed by atoms with E-state index in [0.717, 1.165) is 31.4 Å². The SMILES string of the molecule is CCNS(=O)(=O)c1ccc(NC2CCCC(OC)C2)cc1. The zero-order valence-corrected chi connectivity index (χ0v) is 13.4. The summed E-state index contributed by atoms with van der Waals surface area (Å²) in [6, 6.07) is 7.30. The fourth-order valence-electron chi connectivity index (χ4n) is 2.73. The summed E-state index contributed by atoms with van der Waals surface area (Å²) in [4.78, 5) is 0.299. The average Bonchev–Trinajstić information content (AvgIpc) is 2.48. The predicted octanol–water partition coefficient (Wildman–Crippen LogP) is 2.35. The highest BCUT2D eigenvalue weighted by atomic mass is 32.2. The van der Waals surface area contributed by atoms with Crippen molar-refractivity contribution in [2.45, 2.75) is 49.6 Å². The highest BCUT2D eigenvalue weighted by molar-refractivity contribution is 7.89. The molecule has 1 aromatic carbocycles. The van der Waals surface area contributed by atoms with E-state index in [0.29, 0.717) is 23.6 Å². The second-order valence-corrected chi connectivity index (χ2v) is 7.16. The van der Waals surface area contributed by atoms with Crippen LogP contribution in [0.5, 0.6) is 0 Å². The van der Waals surface area contributed by atoms with Crippen LogP contribution in [-0.2, 0) is 14.8 Å². The summed E-state index contributed by atoms with van der Waals surface area (Å²) >= 11 is 0. The van der Waals surface area contributed by atoms with Gasteiger partial charge in [0, 0.05) is 25.4 Å². The molecule has 0 aliphatic heterocycles. The smallest absolute Gasteiger partial charge is 0.240 e. The molecule has 0 spiro atoms. The highest BCUT2D eigenvalue weighted by Crippen LogP contribution is 2.24. The summed E-state index contributed by atoms with van der Waals surface area (Å²) in [5, 5.41) is 3.46. The molecular weight excluding hydrogens is 288 g/mol. The molecule has 1 saturated carbocycles. The summed E-state index contributed by atoms with van der Waals surface area (Å²) < 4.78 is 31.6. The van der Waals surface area contributed by atoms with E-state index in [4.69, 9.17) is 4.74 Å². The molecule has 0 radical (unpaired) electrons. The first kappa shape index (κ1) is 16.3. The molecule has 0 bridgehead atoms. The number of rotatable bonds is 6. The van der Waals surface area contributed by atoms with E-state index in [-0.39, 0.29) is 0 Å². The van der Waals surface area contributed by atoms with Gasteiger partial charge in [0.15, 0.2) is 0 Å². The Balaban J connectivity index is 1.99. The lowest BCUT2D eigenvalue weighted by atomic mass is 9.92. The van der Waals surface area contributed by atoms with Gasteiger partial charge in [-0.3, -0.25) is 0 Å². The van der Waals surface area contributed by atoms with Gasteiger partial charge in [-0.2, -0.15) is 0 Å². The van der Waals surface area contributed by atoms with Crippen molar-refractivity contribution >= 4 is 15.7 Å². The average molecular weight is 312 g/mol. The van der Waals surface area contributed by atoms with Gasteiger partial charge in [0.25, 0.3) is 0 Å². The van der Waals surface area contributed by atoms with E-state index in [1.807, 2.05) is 12.1 Å². The first-order valence-electron chi connectivity index (χ1n) is 7.44. The lowest BCUT2D eigenvalue weighted by Crippen LogP contribution is -2.31. The Hall–Kier alpha value is -1.11. The number of hydrogen-bond acceptors (Lipinski definition) is 4. The Morgan fingerprint density at radius 3 is 2.57 bits per heavy atom. The number of anilines is 1. The minimum Gasteiger partial charge on any atom is -0.382 e. The summed E-state index contributed by atoms with van der Waals surface area (Å²) in [5.74, 6) is 0. The van der Waals surface area contributed by atoms with E-state index in [2.05, 4.69) is 10.0 Å². The van der Waals surface area contributed by atoms with Crippen LogP contribution in [-0.4, -0.2) is 34.2 Å². The second kappa shape index (κ2) is 7.24. The van der Waals surface area contributed by atoms with Crippen molar-refractivity contribution in [2.75, 3.05) is 19.0 Å². The van der Waals surface area contributed by atoms with Crippen LogP contribution in [0, 0.1) is 0 Å². The topological polar surface area (TPSA) is 67.4 Å². The van der Waals surface area contributed by atoms with Gasteiger partial charge in [-0.1, -0.05) is 6.92 Å². The van der Waals surface area contributed by atoms with Gasteiger partial charge in [-0.05, 0) is 49.9 Å². The van der Waals surface area contributed by atoms with E-state index < -0.39 is 10.0 Å². The van der Waals surface area contributed by atoms with Crippen LogP contribution in [0.2, 0.25) is 0 Å². The van der Waals surface area contributed by atoms with Crippen LogP contribution in [0.4, 0.5) is 5.69 Å². The standard InChI is InChI=1S/C15H24N2O3S/c1-3-16-21(18,19)15-9-7-12(8-10-15)17-13-5-4-6-14(11-13)20-2/h7-10,13-14,16-17H,3-6,11H2,1-2H3. The number of benzene rings is 1. The van der Waals surface area contributed by atoms with E-state index in [9.17, 15) is 8.42 Å². The first-order chi connectivity index (χ1) is 10.0. The minimum absolute atomic E-state index is 0.299. The normalized spacial score (nSPS) is 23.0. The van der Waals surface area contributed by atoms with Crippen molar-refractivity contribution in [1.82, 2.24) is 4.72 Å². The molecule has 0 heterocycles. The molecule has 2 rings (SSSR count). The van der Waals surface area contributed by atoms with E-state index in [1.165, 1.54) is 0 Å². The largest absolute Gasteiger partial charge is 0.382 e. The van der Waals surface area contributed by atoms with Gasteiger partial charge in [-0.25, -0.2) is 13.1 Å². The number of sulfonamides is 1. The van der Waals surface area contributed by atoms with Crippen LogP contribution in [0.15, 0.2) is 29.2 Å². The maximum Gasteiger partial charge on any atom is 0.240 e. The Morgan fingerprint density at radius 2 is 1.95 bits per heavy atom. The van der Waals surface area contributed by atoms with Crippen molar-refractivity contribution in [2.24, 2.45) is 0 Å². The molecule has 1 aromatic rings. The Bertz CT molecular complexity index is 543. The van der Waals surface area contributed by atoms with E-state index >= 15 is 0 Å². The number of hydrogen-bond donors (Lipinski definition) is 2. The molecule has 2 N–H and O–H groups in total. The molecule has 1 fully saturated rings. The molecule has 0 amide bonds. The molecule has 118 valence electrons. The molecule has 6 heteroatoms. The monoisotopic (exact) mass is 312 g/mol. The third-order valence-electron chi connectivity index (χ3n) is 3.83. The molecule has 1 aliphatic rings. The maximum absolute atomic E-state index is 11.9. The quantitative estimate of drug-likeness (QED) is 0.846. The Labute approximate surface area is 127 Å². The summed E-state index contributed by atoms with van der Waals surface area (Å²) in [6.45, 7) is 2.16. The van der Waals surface area contributed by atoms with Crippen LogP contribution in [0.3, 0.4) is 0 Å². The number of ether oxygens (including phenoxy) is 1. The summed E-state index contributed by atoms with van der Waals surface area (Å²) in [6.07, 6.45) is 4.72. The van der Waals surface area contributed by atoms with Crippen molar-refractivity contribution in [3.05, 3.63) is 24.3 Å². The minimum atomic E-state index is -3.37. The van der Waals surface area contributed by atoms with Crippen molar-refractivity contribution in [1.29, 1.82) is 0 Å². The Morgan fingerprint density at radius 1 is 1.24 bits per heavy atom.